The zero-order chi connectivity index (χ0) is 18.1. The normalized spacial score (nSPS) is 10.8. The molecular weight excluding hydrogens is 377 g/mol. The van der Waals surface area contributed by atoms with Crippen molar-refractivity contribution in [1.29, 1.82) is 0 Å². The molecule has 0 amide bonds. The van der Waals surface area contributed by atoms with Crippen molar-refractivity contribution in [2.75, 3.05) is 14.1 Å². The summed E-state index contributed by atoms with van der Waals surface area (Å²) in [7, 11) is 3.75. The summed E-state index contributed by atoms with van der Waals surface area (Å²) in [5, 5.41) is 11.1. The number of ether oxygens (including phenoxy) is 1. The van der Waals surface area contributed by atoms with E-state index < -0.39 is 0 Å². The zero-order valence-electron chi connectivity index (χ0n) is 14.6. The summed E-state index contributed by atoms with van der Waals surface area (Å²) in [6.07, 6.45) is 0. The molecule has 0 radical (unpaired) electrons. The van der Waals surface area contributed by atoms with Gasteiger partial charge in [-0.2, -0.15) is 0 Å². The average Bonchev–Trinajstić information content (AvgIpc) is 2.56. The van der Waals surface area contributed by atoms with Crippen molar-refractivity contribution in [1.82, 2.24) is 4.90 Å². The van der Waals surface area contributed by atoms with Crippen LogP contribution in [0.25, 0.3) is 11.0 Å². The molecule has 0 saturated carbocycles. The third kappa shape index (κ3) is 3.96. The van der Waals surface area contributed by atoms with Gasteiger partial charge in [-0.25, -0.2) is 0 Å². The fourth-order valence-corrected chi connectivity index (χ4v) is 2.73. The SMILES string of the molecule is Cc1oc2c(CN(C)C)c(O)ccc2c(=O)c1Oc1ccc(Cl)cc1.Cl. The summed E-state index contributed by atoms with van der Waals surface area (Å²) in [5.74, 6) is 1.05. The van der Waals surface area contributed by atoms with Crippen molar-refractivity contribution >= 4 is 35.0 Å². The third-order valence-electron chi connectivity index (χ3n) is 3.77. The Balaban J connectivity index is 0.00000243. The van der Waals surface area contributed by atoms with Crippen LogP contribution in [0.1, 0.15) is 11.3 Å². The van der Waals surface area contributed by atoms with Crippen LogP contribution in [0.2, 0.25) is 5.02 Å². The van der Waals surface area contributed by atoms with Gasteiger partial charge < -0.3 is 19.2 Å². The molecule has 0 aliphatic heterocycles. The number of aryl methyl sites for hydroxylation is 1. The Labute approximate surface area is 162 Å². The Morgan fingerprint density at radius 1 is 1.15 bits per heavy atom. The minimum absolute atomic E-state index is 0. The topological polar surface area (TPSA) is 62.9 Å². The summed E-state index contributed by atoms with van der Waals surface area (Å²) < 4.78 is 11.6. The molecule has 0 aliphatic carbocycles. The molecule has 0 aliphatic rings. The van der Waals surface area contributed by atoms with E-state index in [0.29, 0.717) is 39.6 Å². The third-order valence-corrected chi connectivity index (χ3v) is 4.02. The van der Waals surface area contributed by atoms with Crippen molar-refractivity contribution in [2.45, 2.75) is 13.5 Å². The van der Waals surface area contributed by atoms with Crippen molar-refractivity contribution in [2.24, 2.45) is 0 Å². The number of phenols is 1. The number of hydrogen-bond donors (Lipinski definition) is 1. The molecule has 1 heterocycles. The number of nitrogens with zero attached hydrogens (tertiary/aromatic N) is 1. The summed E-state index contributed by atoms with van der Waals surface area (Å²) in [4.78, 5) is 14.8. The van der Waals surface area contributed by atoms with E-state index in [1.165, 1.54) is 6.07 Å². The minimum Gasteiger partial charge on any atom is -0.507 e. The summed E-state index contributed by atoms with van der Waals surface area (Å²) in [6, 6.07) is 9.77. The van der Waals surface area contributed by atoms with Gasteiger partial charge in [0.15, 0.2) is 0 Å². The van der Waals surface area contributed by atoms with Crippen molar-refractivity contribution in [3.63, 3.8) is 0 Å². The molecule has 3 aromatic rings. The molecule has 1 N–H and O–H groups in total. The highest BCUT2D eigenvalue weighted by molar-refractivity contribution is 6.30. The Morgan fingerprint density at radius 3 is 2.42 bits per heavy atom. The second-order valence-corrected chi connectivity index (χ2v) is 6.49. The lowest BCUT2D eigenvalue weighted by molar-refractivity contribution is 0.381. The predicted molar refractivity (Wildman–Crippen MR) is 105 cm³/mol. The number of halogens is 2. The molecule has 0 saturated heterocycles. The molecule has 138 valence electrons. The second kappa shape index (κ2) is 7.99. The lowest BCUT2D eigenvalue weighted by atomic mass is 10.1. The number of fused-ring (bicyclic) bond motifs is 1. The van der Waals surface area contributed by atoms with Crippen LogP contribution in [0.15, 0.2) is 45.6 Å². The van der Waals surface area contributed by atoms with Crippen molar-refractivity contribution in [3.05, 3.63) is 63.0 Å². The molecule has 26 heavy (non-hydrogen) atoms. The van der Waals surface area contributed by atoms with Crippen LogP contribution in [0.5, 0.6) is 17.2 Å². The first-order valence-corrected chi connectivity index (χ1v) is 8.11. The van der Waals surface area contributed by atoms with Gasteiger partial charge in [-0.15, -0.1) is 12.4 Å². The molecule has 3 rings (SSSR count). The van der Waals surface area contributed by atoms with Crippen LogP contribution in [0.3, 0.4) is 0 Å². The standard InChI is InChI=1S/C19H18ClNO4.ClH/c1-11-18(25-13-6-4-12(20)5-7-13)17(23)14-8-9-16(22)15(10-21(2)3)19(14)24-11;/h4-9,22H,10H2,1-3H3;1H. The predicted octanol–water partition coefficient (Wildman–Crippen LogP) is 4.74. The molecule has 0 unspecified atom stereocenters. The van der Waals surface area contributed by atoms with Gasteiger partial charge in [0.2, 0.25) is 11.2 Å². The van der Waals surface area contributed by atoms with Crippen LogP contribution in [0, 0.1) is 6.92 Å². The molecule has 1 aromatic heterocycles. The molecule has 5 nitrogen and oxygen atoms in total. The van der Waals surface area contributed by atoms with Crippen LogP contribution in [0.4, 0.5) is 0 Å². The quantitative estimate of drug-likeness (QED) is 0.691. The molecular formula is C19H19Cl2NO4. The van der Waals surface area contributed by atoms with E-state index in [1.807, 2.05) is 19.0 Å². The van der Waals surface area contributed by atoms with Gasteiger partial charge in [-0.1, -0.05) is 11.6 Å². The fraction of sp³-hybridized carbons (Fsp3) is 0.211. The molecule has 0 atom stereocenters. The number of benzene rings is 2. The summed E-state index contributed by atoms with van der Waals surface area (Å²) in [5.41, 5.74) is 0.661. The molecule has 2 aromatic carbocycles. The summed E-state index contributed by atoms with van der Waals surface area (Å²) in [6.45, 7) is 2.11. The van der Waals surface area contributed by atoms with Gasteiger partial charge in [0.1, 0.15) is 22.8 Å². The number of hydrogen-bond acceptors (Lipinski definition) is 5. The van der Waals surface area contributed by atoms with E-state index in [4.69, 9.17) is 20.8 Å². The molecule has 7 heteroatoms. The van der Waals surface area contributed by atoms with Gasteiger partial charge in [-0.3, -0.25) is 4.79 Å². The highest BCUT2D eigenvalue weighted by Gasteiger charge is 2.18. The molecule has 0 bridgehead atoms. The van der Waals surface area contributed by atoms with E-state index in [1.54, 1.807) is 37.3 Å². The molecule has 0 spiro atoms. The fourth-order valence-electron chi connectivity index (χ4n) is 2.60. The van der Waals surface area contributed by atoms with E-state index >= 15 is 0 Å². The van der Waals surface area contributed by atoms with E-state index in [-0.39, 0.29) is 29.3 Å². The van der Waals surface area contributed by atoms with Crippen molar-refractivity contribution in [3.8, 4) is 17.2 Å². The first kappa shape index (κ1) is 20.1. The van der Waals surface area contributed by atoms with Crippen LogP contribution >= 0.6 is 24.0 Å². The monoisotopic (exact) mass is 395 g/mol. The van der Waals surface area contributed by atoms with Gasteiger partial charge >= 0.3 is 0 Å². The highest BCUT2D eigenvalue weighted by Crippen LogP contribution is 2.31. The van der Waals surface area contributed by atoms with E-state index in [0.717, 1.165) is 0 Å². The lowest BCUT2D eigenvalue weighted by Gasteiger charge is -2.14. The first-order valence-electron chi connectivity index (χ1n) is 7.73. The Bertz CT molecular complexity index is 981. The maximum Gasteiger partial charge on any atom is 0.235 e. The number of phenolic OH excluding ortho intramolecular Hbond substituents is 1. The smallest absolute Gasteiger partial charge is 0.235 e. The highest BCUT2D eigenvalue weighted by atomic mass is 35.5. The Morgan fingerprint density at radius 2 is 1.81 bits per heavy atom. The van der Waals surface area contributed by atoms with Gasteiger partial charge in [0, 0.05) is 11.6 Å². The minimum atomic E-state index is -0.284. The van der Waals surface area contributed by atoms with Crippen LogP contribution < -0.4 is 10.2 Å². The maximum absolute atomic E-state index is 12.9. The van der Waals surface area contributed by atoms with E-state index in [2.05, 4.69) is 0 Å². The largest absolute Gasteiger partial charge is 0.507 e. The van der Waals surface area contributed by atoms with Gasteiger partial charge in [-0.05, 0) is 57.4 Å². The average molecular weight is 396 g/mol. The van der Waals surface area contributed by atoms with Crippen LogP contribution in [-0.4, -0.2) is 24.1 Å². The van der Waals surface area contributed by atoms with Gasteiger partial charge in [0.05, 0.1) is 10.9 Å². The van der Waals surface area contributed by atoms with Crippen molar-refractivity contribution < 1.29 is 14.3 Å². The molecule has 0 fully saturated rings. The Hall–Kier alpha value is -2.21. The Kier molecular flexibility index (Phi) is 6.18. The second-order valence-electron chi connectivity index (χ2n) is 6.05. The van der Waals surface area contributed by atoms with Crippen LogP contribution in [-0.2, 0) is 6.54 Å². The first-order chi connectivity index (χ1) is 11.9. The zero-order valence-corrected chi connectivity index (χ0v) is 16.1. The maximum atomic E-state index is 12.9. The summed E-state index contributed by atoms with van der Waals surface area (Å²) >= 11 is 5.87. The van der Waals surface area contributed by atoms with Gasteiger partial charge in [0.25, 0.3) is 0 Å². The number of rotatable bonds is 4. The van der Waals surface area contributed by atoms with E-state index in [9.17, 15) is 9.90 Å². The lowest BCUT2D eigenvalue weighted by Crippen LogP contribution is -2.13. The number of aromatic hydroxyl groups is 1.